The highest BCUT2D eigenvalue weighted by Gasteiger charge is 2.23. The summed E-state index contributed by atoms with van der Waals surface area (Å²) in [7, 11) is 0. The maximum absolute atomic E-state index is 11.4. The molecular weight excluding hydrogens is 212 g/mol. The number of ether oxygens (including phenoxy) is 1. The van der Waals surface area contributed by atoms with E-state index in [-0.39, 0.29) is 5.78 Å². The van der Waals surface area contributed by atoms with Crippen LogP contribution >= 0.6 is 0 Å². The first-order valence-electron chi connectivity index (χ1n) is 5.64. The molecule has 0 fully saturated rings. The topological polar surface area (TPSA) is 26.3 Å². The van der Waals surface area contributed by atoms with E-state index >= 15 is 0 Å². The van der Waals surface area contributed by atoms with Gasteiger partial charge in [-0.2, -0.15) is 0 Å². The van der Waals surface area contributed by atoms with Crippen LogP contribution < -0.4 is 0 Å². The van der Waals surface area contributed by atoms with E-state index in [2.05, 4.69) is 30.3 Å². The number of ketones is 1. The van der Waals surface area contributed by atoms with Gasteiger partial charge in [0.1, 0.15) is 6.61 Å². The van der Waals surface area contributed by atoms with E-state index in [1.807, 2.05) is 13.8 Å². The first-order valence-corrected chi connectivity index (χ1v) is 5.64. The van der Waals surface area contributed by atoms with Gasteiger partial charge >= 0.3 is 0 Å². The van der Waals surface area contributed by atoms with Crippen LogP contribution in [0.5, 0.6) is 0 Å². The smallest absolute Gasteiger partial charge is 0.161 e. The number of carbonyl (C=O) groups excluding carboxylic acids is 1. The summed E-state index contributed by atoms with van der Waals surface area (Å²) in [5.41, 5.74) is -0.456. The van der Waals surface area contributed by atoms with Crippen molar-refractivity contribution in [2.45, 2.75) is 33.6 Å². The molecule has 2 heteroatoms. The second kappa shape index (κ2) is 8.62. The number of carbonyl (C=O) groups is 1. The van der Waals surface area contributed by atoms with Crippen LogP contribution in [0.1, 0.15) is 33.6 Å². The van der Waals surface area contributed by atoms with Gasteiger partial charge in [-0.05, 0) is 13.0 Å². The lowest BCUT2D eigenvalue weighted by molar-refractivity contribution is -0.121. The Hall–Kier alpha value is -1.51. The van der Waals surface area contributed by atoms with Crippen molar-refractivity contribution in [2.75, 3.05) is 13.2 Å². The molecule has 0 saturated carbocycles. The number of rotatable bonds is 6. The average Bonchev–Trinajstić information content (AvgIpc) is 2.31. The Labute approximate surface area is 104 Å². The third-order valence-electron chi connectivity index (χ3n) is 2.23. The van der Waals surface area contributed by atoms with Crippen molar-refractivity contribution in [3.8, 4) is 23.7 Å². The molecule has 0 atom stereocenters. The standard InChI is InChI=1S/C15H20O2/c1-5-7-9-12-17-13-10-8-11-15(3,4)14(16)6-2/h6H,2,9,11-13H2,1,3-4H3. The molecule has 0 aromatic rings. The molecule has 0 radical (unpaired) electrons. The highest BCUT2D eigenvalue weighted by molar-refractivity contribution is 5.93. The predicted octanol–water partition coefficient (Wildman–Crippen LogP) is 2.59. The van der Waals surface area contributed by atoms with E-state index in [1.165, 1.54) is 6.08 Å². The highest BCUT2D eigenvalue weighted by Crippen LogP contribution is 2.20. The Morgan fingerprint density at radius 1 is 1.35 bits per heavy atom. The van der Waals surface area contributed by atoms with Gasteiger partial charge < -0.3 is 4.74 Å². The molecule has 0 spiro atoms. The van der Waals surface area contributed by atoms with E-state index < -0.39 is 5.41 Å². The van der Waals surface area contributed by atoms with Crippen molar-refractivity contribution in [2.24, 2.45) is 5.41 Å². The largest absolute Gasteiger partial charge is 0.368 e. The normalized spacial score (nSPS) is 9.59. The molecule has 17 heavy (non-hydrogen) atoms. The fourth-order valence-corrected chi connectivity index (χ4v) is 1.07. The molecule has 0 aliphatic carbocycles. The fourth-order valence-electron chi connectivity index (χ4n) is 1.07. The lowest BCUT2D eigenvalue weighted by Crippen LogP contribution is -2.21. The summed E-state index contributed by atoms with van der Waals surface area (Å²) in [5.74, 6) is 11.6. The van der Waals surface area contributed by atoms with Crippen molar-refractivity contribution >= 4 is 5.78 Å². The Bertz CT molecular complexity index is 369. The minimum absolute atomic E-state index is 0.0194. The molecule has 0 aromatic carbocycles. The van der Waals surface area contributed by atoms with Gasteiger partial charge in [0.05, 0.1) is 6.61 Å². The van der Waals surface area contributed by atoms with E-state index in [0.29, 0.717) is 19.6 Å². The summed E-state index contributed by atoms with van der Waals surface area (Å²) < 4.78 is 5.26. The van der Waals surface area contributed by atoms with Gasteiger partial charge in [0.15, 0.2) is 5.78 Å². The first kappa shape index (κ1) is 15.5. The Morgan fingerprint density at radius 2 is 2.06 bits per heavy atom. The minimum atomic E-state index is -0.456. The van der Waals surface area contributed by atoms with Crippen molar-refractivity contribution in [1.29, 1.82) is 0 Å². The molecule has 0 rings (SSSR count). The Morgan fingerprint density at radius 3 is 2.65 bits per heavy atom. The maximum atomic E-state index is 11.4. The van der Waals surface area contributed by atoms with Gasteiger partial charge in [-0.25, -0.2) is 0 Å². The van der Waals surface area contributed by atoms with Crippen molar-refractivity contribution in [1.82, 2.24) is 0 Å². The zero-order chi connectivity index (χ0) is 13.1. The van der Waals surface area contributed by atoms with Gasteiger partial charge in [0, 0.05) is 18.3 Å². The number of allylic oxidation sites excluding steroid dienone is 1. The first-order chi connectivity index (χ1) is 8.04. The molecule has 0 saturated heterocycles. The summed E-state index contributed by atoms with van der Waals surface area (Å²) in [4.78, 5) is 11.4. The van der Waals surface area contributed by atoms with Crippen molar-refractivity contribution in [3.05, 3.63) is 12.7 Å². The zero-order valence-electron chi connectivity index (χ0n) is 10.9. The molecule has 2 nitrogen and oxygen atoms in total. The molecule has 0 unspecified atom stereocenters. The van der Waals surface area contributed by atoms with Crippen LogP contribution in [0, 0.1) is 29.1 Å². The van der Waals surface area contributed by atoms with E-state index in [9.17, 15) is 4.79 Å². The molecule has 0 heterocycles. The summed E-state index contributed by atoms with van der Waals surface area (Å²) >= 11 is 0. The summed E-state index contributed by atoms with van der Waals surface area (Å²) in [6, 6.07) is 0. The quantitative estimate of drug-likeness (QED) is 0.400. The van der Waals surface area contributed by atoms with Crippen LogP contribution in [0.15, 0.2) is 12.7 Å². The van der Waals surface area contributed by atoms with E-state index in [4.69, 9.17) is 4.74 Å². The van der Waals surface area contributed by atoms with Crippen LogP contribution in [0.2, 0.25) is 0 Å². The molecule has 0 bridgehead atoms. The third kappa shape index (κ3) is 7.39. The zero-order valence-corrected chi connectivity index (χ0v) is 10.9. The molecule has 0 aliphatic rings. The predicted molar refractivity (Wildman–Crippen MR) is 70.3 cm³/mol. The Balaban J connectivity index is 3.84. The van der Waals surface area contributed by atoms with Gasteiger partial charge in [0.2, 0.25) is 0 Å². The van der Waals surface area contributed by atoms with Gasteiger partial charge in [-0.3, -0.25) is 4.79 Å². The SMILES string of the molecule is C=CC(=O)C(C)(C)CC#CCOCCC#CC. The highest BCUT2D eigenvalue weighted by atomic mass is 16.5. The van der Waals surface area contributed by atoms with Crippen LogP contribution in [0.25, 0.3) is 0 Å². The van der Waals surface area contributed by atoms with Crippen LogP contribution in [0.3, 0.4) is 0 Å². The monoisotopic (exact) mass is 232 g/mol. The number of hydrogen-bond acceptors (Lipinski definition) is 2. The van der Waals surface area contributed by atoms with Crippen LogP contribution in [0.4, 0.5) is 0 Å². The second-order valence-electron chi connectivity index (χ2n) is 4.21. The van der Waals surface area contributed by atoms with Crippen LogP contribution in [-0.2, 0) is 9.53 Å². The van der Waals surface area contributed by atoms with E-state index in [1.54, 1.807) is 6.92 Å². The fraction of sp³-hybridized carbons (Fsp3) is 0.533. The molecule has 0 N–H and O–H groups in total. The summed E-state index contributed by atoms with van der Waals surface area (Å²) in [5, 5.41) is 0. The Kier molecular flexibility index (Phi) is 7.85. The second-order valence-corrected chi connectivity index (χ2v) is 4.21. The van der Waals surface area contributed by atoms with Crippen molar-refractivity contribution in [3.63, 3.8) is 0 Å². The average molecular weight is 232 g/mol. The molecular formula is C15H20O2. The number of hydrogen-bond donors (Lipinski definition) is 0. The van der Waals surface area contributed by atoms with Crippen molar-refractivity contribution < 1.29 is 9.53 Å². The van der Waals surface area contributed by atoms with Gasteiger partial charge in [-0.15, -0.1) is 11.8 Å². The maximum Gasteiger partial charge on any atom is 0.161 e. The van der Waals surface area contributed by atoms with Gasteiger partial charge in [-0.1, -0.05) is 32.3 Å². The lowest BCUT2D eigenvalue weighted by Gasteiger charge is -2.17. The molecule has 0 aromatic heterocycles. The van der Waals surface area contributed by atoms with Crippen LogP contribution in [-0.4, -0.2) is 19.0 Å². The molecule has 0 aliphatic heterocycles. The summed E-state index contributed by atoms with van der Waals surface area (Å²) in [6.07, 6.45) is 2.61. The van der Waals surface area contributed by atoms with Gasteiger partial charge in [0.25, 0.3) is 0 Å². The lowest BCUT2D eigenvalue weighted by atomic mass is 9.85. The minimum Gasteiger partial charge on any atom is -0.368 e. The molecule has 92 valence electrons. The summed E-state index contributed by atoms with van der Waals surface area (Å²) in [6.45, 7) is 10.0. The third-order valence-corrected chi connectivity index (χ3v) is 2.23. The van der Waals surface area contributed by atoms with E-state index in [0.717, 1.165) is 6.42 Å². The molecule has 0 amide bonds.